The van der Waals surface area contributed by atoms with E-state index >= 15 is 0 Å². The normalized spacial score (nSPS) is 12.2. The van der Waals surface area contributed by atoms with Gasteiger partial charge in [0.2, 0.25) is 0 Å². The van der Waals surface area contributed by atoms with Gasteiger partial charge in [0.1, 0.15) is 16.5 Å². The molecule has 0 aliphatic carbocycles. The first kappa shape index (κ1) is 17.7. The molecule has 0 saturated carbocycles. The molecule has 4 aromatic rings. The van der Waals surface area contributed by atoms with Crippen LogP contribution in [0.1, 0.15) is 27.7 Å². The van der Waals surface area contributed by atoms with Gasteiger partial charge in [0.25, 0.3) is 0 Å². The zero-order valence-electron chi connectivity index (χ0n) is 14.7. The molecule has 0 unspecified atom stereocenters. The number of thiophene rings is 1. The Labute approximate surface area is 156 Å². The minimum absolute atomic E-state index is 0.183. The molecule has 4 rings (SSSR count). The van der Waals surface area contributed by atoms with Crippen LogP contribution in [0.15, 0.2) is 18.3 Å². The first-order valence-corrected chi connectivity index (χ1v) is 8.95. The van der Waals surface area contributed by atoms with Crippen LogP contribution in [0.25, 0.3) is 15.9 Å². The van der Waals surface area contributed by atoms with Gasteiger partial charge in [-0.2, -0.15) is 13.2 Å². The van der Waals surface area contributed by atoms with Gasteiger partial charge in [-0.15, -0.1) is 21.5 Å². The van der Waals surface area contributed by atoms with Crippen molar-refractivity contribution in [3.63, 3.8) is 0 Å². The number of nitrogens with zero attached hydrogens (tertiary/aromatic N) is 5. The van der Waals surface area contributed by atoms with E-state index < -0.39 is 11.7 Å². The fourth-order valence-corrected chi connectivity index (χ4v) is 3.95. The van der Waals surface area contributed by atoms with Gasteiger partial charge in [-0.05, 0) is 38.5 Å². The quantitative estimate of drug-likeness (QED) is 0.563. The van der Waals surface area contributed by atoms with Crippen molar-refractivity contribution in [1.29, 1.82) is 0 Å². The highest BCUT2D eigenvalue weighted by molar-refractivity contribution is 7.18. The van der Waals surface area contributed by atoms with Crippen molar-refractivity contribution in [2.24, 2.45) is 0 Å². The molecule has 6 nitrogen and oxygen atoms in total. The van der Waals surface area contributed by atoms with Crippen LogP contribution in [-0.2, 0) is 12.7 Å². The van der Waals surface area contributed by atoms with Gasteiger partial charge in [0, 0.05) is 11.1 Å². The van der Waals surface area contributed by atoms with Gasteiger partial charge in [0.15, 0.2) is 11.5 Å². The van der Waals surface area contributed by atoms with E-state index in [0.29, 0.717) is 23.1 Å². The van der Waals surface area contributed by atoms with Gasteiger partial charge >= 0.3 is 6.18 Å². The Morgan fingerprint density at radius 2 is 1.89 bits per heavy atom. The zero-order chi connectivity index (χ0) is 19.3. The molecule has 0 radical (unpaired) electrons. The SMILES string of the molecule is Cc1nc(NCc2nnc3ccc(C(F)(F)F)cn23)c2c(C)c(C)sc2n1. The summed E-state index contributed by atoms with van der Waals surface area (Å²) in [5.41, 5.74) is 0.690. The zero-order valence-corrected chi connectivity index (χ0v) is 15.5. The first-order chi connectivity index (χ1) is 12.7. The highest BCUT2D eigenvalue weighted by atomic mass is 32.1. The van der Waals surface area contributed by atoms with Crippen LogP contribution >= 0.6 is 11.3 Å². The topological polar surface area (TPSA) is 68.0 Å². The first-order valence-electron chi connectivity index (χ1n) is 8.13. The average molecular weight is 392 g/mol. The van der Waals surface area contributed by atoms with E-state index in [2.05, 4.69) is 25.5 Å². The van der Waals surface area contributed by atoms with Crippen LogP contribution in [0.4, 0.5) is 19.0 Å². The smallest absolute Gasteiger partial charge is 0.362 e. The number of hydrogen-bond donors (Lipinski definition) is 1. The Balaban J connectivity index is 1.71. The molecule has 0 atom stereocenters. The van der Waals surface area contributed by atoms with Gasteiger partial charge in [-0.3, -0.25) is 4.40 Å². The lowest BCUT2D eigenvalue weighted by atomic mass is 10.2. The van der Waals surface area contributed by atoms with Crippen molar-refractivity contribution in [3.05, 3.63) is 46.0 Å². The molecular weight excluding hydrogens is 377 g/mol. The number of aromatic nitrogens is 5. The van der Waals surface area contributed by atoms with Gasteiger partial charge in [-0.25, -0.2) is 9.97 Å². The van der Waals surface area contributed by atoms with Crippen molar-refractivity contribution in [2.45, 2.75) is 33.5 Å². The van der Waals surface area contributed by atoms with Crippen LogP contribution in [0.3, 0.4) is 0 Å². The average Bonchev–Trinajstić information content (AvgIpc) is 3.12. The molecule has 0 bridgehead atoms. The van der Waals surface area contributed by atoms with Gasteiger partial charge in [0.05, 0.1) is 17.5 Å². The maximum absolute atomic E-state index is 13.0. The molecule has 1 N–H and O–H groups in total. The standard InChI is InChI=1S/C17H15F3N6S/c1-8-9(2)27-16-14(8)15(22-10(3)23-16)21-6-13-25-24-12-5-4-11(7-26(12)13)17(18,19)20/h4-5,7H,6H2,1-3H3,(H,21,22,23). The lowest BCUT2D eigenvalue weighted by molar-refractivity contribution is -0.137. The molecule has 4 heterocycles. The van der Waals surface area contributed by atoms with E-state index in [1.807, 2.05) is 13.8 Å². The van der Waals surface area contributed by atoms with Crippen LogP contribution in [-0.4, -0.2) is 24.6 Å². The van der Waals surface area contributed by atoms with Crippen LogP contribution in [0.5, 0.6) is 0 Å². The molecule has 0 spiro atoms. The third-order valence-electron chi connectivity index (χ3n) is 4.35. The van der Waals surface area contributed by atoms with Gasteiger partial charge < -0.3 is 5.32 Å². The van der Waals surface area contributed by atoms with E-state index in [-0.39, 0.29) is 6.54 Å². The summed E-state index contributed by atoms with van der Waals surface area (Å²) in [5, 5.41) is 12.0. The largest absolute Gasteiger partial charge is 0.417 e. The number of anilines is 1. The summed E-state index contributed by atoms with van der Waals surface area (Å²) >= 11 is 1.59. The Morgan fingerprint density at radius 1 is 1.11 bits per heavy atom. The minimum Gasteiger partial charge on any atom is -0.362 e. The molecule has 0 aromatic carbocycles. The number of nitrogens with one attached hydrogen (secondary N) is 1. The van der Waals surface area contributed by atoms with Crippen molar-refractivity contribution < 1.29 is 13.2 Å². The summed E-state index contributed by atoms with van der Waals surface area (Å²) in [5.74, 6) is 1.63. The number of rotatable bonds is 3. The summed E-state index contributed by atoms with van der Waals surface area (Å²) < 4.78 is 40.3. The molecule has 0 amide bonds. The molecule has 10 heteroatoms. The Morgan fingerprint density at radius 3 is 2.63 bits per heavy atom. The van der Waals surface area contributed by atoms with E-state index in [1.54, 1.807) is 18.3 Å². The second-order valence-corrected chi connectivity index (χ2v) is 7.40. The number of alkyl halides is 3. The second-order valence-electron chi connectivity index (χ2n) is 6.20. The maximum atomic E-state index is 13.0. The predicted molar refractivity (Wildman–Crippen MR) is 96.9 cm³/mol. The maximum Gasteiger partial charge on any atom is 0.417 e. The number of aryl methyl sites for hydroxylation is 3. The molecule has 4 aromatic heterocycles. The van der Waals surface area contributed by atoms with E-state index in [0.717, 1.165) is 32.9 Å². The summed E-state index contributed by atoms with van der Waals surface area (Å²) in [6, 6.07) is 2.30. The van der Waals surface area contributed by atoms with Crippen LogP contribution < -0.4 is 5.32 Å². The van der Waals surface area contributed by atoms with E-state index in [4.69, 9.17) is 0 Å². The highest BCUT2D eigenvalue weighted by Crippen LogP contribution is 2.33. The molecule has 0 fully saturated rings. The number of pyridine rings is 1. The molecule has 0 aliphatic rings. The van der Waals surface area contributed by atoms with E-state index in [9.17, 15) is 13.2 Å². The second kappa shape index (κ2) is 6.15. The fraction of sp³-hybridized carbons (Fsp3) is 0.294. The fourth-order valence-electron chi connectivity index (χ4n) is 2.87. The van der Waals surface area contributed by atoms with Gasteiger partial charge in [-0.1, -0.05) is 0 Å². The summed E-state index contributed by atoms with van der Waals surface area (Å²) in [4.78, 5) is 10.9. The molecule has 140 valence electrons. The molecule has 0 aliphatic heterocycles. The monoisotopic (exact) mass is 392 g/mol. The minimum atomic E-state index is -4.43. The molecular formula is C17H15F3N6S. The summed E-state index contributed by atoms with van der Waals surface area (Å²) in [7, 11) is 0. The van der Waals surface area contributed by atoms with Crippen molar-refractivity contribution in [1.82, 2.24) is 24.6 Å². The highest BCUT2D eigenvalue weighted by Gasteiger charge is 2.31. The number of hydrogen-bond acceptors (Lipinski definition) is 6. The Hall–Kier alpha value is -2.75. The predicted octanol–water partition coefficient (Wildman–Crippen LogP) is 4.29. The van der Waals surface area contributed by atoms with Crippen LogP contribution in [0, 0.1) is 20.8 Å². The van der Waals surface area contributed by atoms with Crippen molar-refractivity contribution >= 4 is 33.0 Å². The number of fused-ring (bicyclic) bond motifs is 2. The lowest BCUT2D eigenvalue weighted by Gasteiger charge is -2.09. The molecule has 0 saturated heterocycles. The lowest BCUT2D eigenvalue weighted by Crippen LogP contribution is -2.10. The van der Waals surface area contributed by atoms with Crippen molar-refractivity contribution in [2.75, 3.05) is 5.32 Å². The van der Waals surface area contributed by atoms with Crippen molar-refractivity contribution in [3.8, 4) is 0 Å². The van der Waals surface area contributed by atoms with Crippen LogP contribution in [0.2, 0.25) is 0 Å². The number of halogens is 3. The summed E-state index contributed by atoms with van der Waals surface area (Å²) in [6.07, 6.45) is -3.42. The Bertz CT molecular complexity index is 1160. The third-order valence-corrected chi connectivity index (χ3v) is 5.46. The molecule has 27 heavy (non-hydrogen) atoms. The summed E-state index contributed by atoms with van der Waals surface area (Å²) in [6.45, 7) is 6.01. The third kappa shape index (κ3) is 3.09. The Kier molecular flexibility index (Phi) is 4.02. The van der Waals surface area contributed by atoms with E-state index in [1.165, 1.54) is 10.5 Å².